The molecular weight excluding hydrogens is 342 g/mol. The van der Waals surface area contributed by atoms with Gasteiger partial charge in [-0.3, -0.25) is 10.1 Å². The van der Waals surface area contributed by atoms with E-state index in [2.05, 4.69) is 25.5 Å². The highest BCUT2D eigenvalue weighted by atomic mass is 32.1. The van der Waals surface area contributed by atoms with Crippen LogP contribution in [0.2, 0.25) is 0 Å². The molecule has 9 heteroatoms. The van der Waals surface area contributed by atoms with Crippen LogP contribution in [0, 0.1) is 0 Å². The highest BCUT2D eigenvalue weighted by Gasteiger charge is 2.19. The summed E-state index contributed by atoms with van der Waals surface area (Å²) in [6.45, 7) is 0. The number of rotatable bonds is 4. The van der Waals surface area contributed by atoms with E-state index in [0.29, 0.717) is 5.69 Å². The second kappa shape index (κ2) is 7.41. The first kappa shape index (κ1) is 16.4. The van der Waals surface area contributed by atoms with Crippen molar-refractivity contribution >= 4 is 39.8 Å². The van der Waals surface area contributed by atoms with Crippen LogP contribution in [0.25, 0.3) is 0 Å². The Morgan fingerprint density at radius 2 is 1.64 bits per heavy atom. The molecule has 0 atom stereocenters. The van der Waals surface area contributed by atoms with Gasteiger partial charge >= 0.3 is 6.03 Å². The fraction of sp³-hybridized carbons (Fsp3) is 0. The molecule has 3 aromatic rings. The molecular formula is C16H13N5O3S. The highest BCUT2D eigenvalue weighted by molar-refractivity contribution is 7.10. The number of anilines is 3. The Bertz CT molecular complexity index is 898. The molecule has 4 N–H and O–H groups in total. The molecule has 3 rings (SSSR count). The number of amides is 3. The van der Waals surface area contributed by atoms with Crippen LogP contribution in [0.15, 0.2) is 54.6 Å². The summed E-state index contributed by atoms with van der Waals surface area (Å²) in [6.07, 6.45) is 0. The zero-order valence-corrected chi connectivity index (χ0v) is 13.6. The Kier molecular flexibility index (Phi) is 4.86. The second-order valence-electron chi connectivity index (χ2n) is 4.87. The Hall–Kier alpha value is -3.46. The van der Waals surface area contributed by atoms with Gasteiger partial charge in [-0.05, 0) is 24.3 Å². The van der Waals surface area contributed by atoms with Crippen molar-refractivity contribution in [3.05, 3.63) is 60.3 Å². The standard InChI is InChI=1S/C16H13N5O3S/c22-12-9-5-4-8-11(12)18-14(23)13-15(25-21-20-13)19-16(24)17-10-6-2-1-3-7-10/h1-9,22H,(H,18,23)(H2,17,19,24). The minimum Gasteiger partial charge on any atom is -0.506 e. The normalized spacial score (nSPS) is 10.1. The average Bonchev–Trinajstić information content (AvgIpc) is 3.06. The number of carbonyl (C=O) groups is 2. The fourth-order valence-electron chi connectivity index (χ4n) is 1.97. The molecule has 0 radical (unpaired) electrons. The Morgan fingerprint density at radius 3 is 2.40 bits per heavy atom. The van der Waals surface area contributed by atoms with Crippen LogP contribution in [0.1, 0.15) is 10.5 Å². The number of phenols is 1. The Morgan fingerprint density at radius 1 is 0.920 bits per heavy atom. The molecule has 8 nitrogen and oxygen atoms in total. The maximum Gasteiger partial charge on any atom is 0.324 e. The van der Waals surface area contributed by atoms with Crippen molar-refractivity contribution in [2.24, 2.45) is 0 Å². The molecule has 1 aromatic heterocycles. The van der Waals surface area contributed by atoms with E-state index in [1.165, 1.54) is 6.07 Å². The SMILES string of the molecule is O=C(Nc1ccccc1)Nc1snnc1C(=O)Nc1ccccc1O. The number of phenolic OH excluding ortho intramolecular Hbond substituents is 1. The van der Waals surface area contributed by atoms with E-state index < -0.39 is 11.9 Å². The Balaban J connectivity index is 1.69. The minimum atomic E-state index is -0.592. The number of hydrogen-bond donors (Lipinski definition) is 4. The molecule has 126 valence electrons. The summed E-state index contributed by atoms with van der Waals surface area (Å²) in [7, 11) is 0. The van der Waals surface area contributed by atoms with Crippen LogP contribution in [0.3, 0.4) is 0 Å². The molecule has 0 aliphatic carbocycles. The van der Waals surface area contributed by atoms with Crippen molar-refractivity contribution in [1.82, 2.24) is 9.59 Å². The first-order valence-electron chi connectivity index (χ1n) is 7.18. The third-order valence-electron chi connectivity index (χ3n) is 3.11. The van der Waals surface area contributed by atoms with E-state index in [1.807, 2.05) is 6.07 Å². The lowest BCUT2D eigenvalue weighted by Crippen LogP contribution is -2.21. The van der Waals surface area contributed by atoms with E-state index in [0.717, 1.165) is 11.5 Å². The maximum atomic E-state index is 12.3. The maximum absolute atomic E-state index is 12.3. The number of urea groups is 1. The highest BCUT2D eigenvalue weighted by Crippen LogP contribution is 2.24. The second-order valence-corrected chi connectivity index (χ2v) is 5.62. The van der Waals surface area contributed by atoms with Crippen molar-refractivity contribution in [3.8, 4) is 5.75 Å². The van der Waals surface area contributed by atoms with Crippen LogP contribution in [0.4, 0.5) is 21.2 Å². The quantitative estimate of drug-likeness (QED) is 0.537. The van der Waals surface area contributed by atoms with Crippen molar-refractivity contribution in [1.29, 1.82) is 0 Å². The van der Waals surface area contributed by atoms with E-state index >= 15 is 0 Å². The van der Waals surface area contributed by atoms with Gasteiger partial charge in [0.1, 0.15) is 5.75 Å². The summed E-state index contributed by atoms with van der Waals surface area (Å²) in [5.74, 6) is -0.666. The number of aromatic nitrogens is 2. The van der Waals surface area contributed by atoms with E-state index in [-0.39, 0.29) is 22.1 Å². The monoisotopic (exact) mass is 355 g/mol. The first-order chi connectivity index (χ1) is 12.1. The summed E-state index contributed by atoms with van der Waals surface area (Å²) in [5.41, 5.74) is 0.800. The largest absolute Gasteiger partial charge is 0.506 e. The topological polar surface area (TPSA) is 116 Å². The smallest absolute Gasteiger partial charge is 0.324 e. The van der Waals surface area contributed by atoms with Crippen LogP contribution < -0.4 is 16.0 Å². The molecule has 0 fully saturated rings. The van der Waals surface area contributed by atoms with E-state index in [4.69, 9.17) is 0 Å². The summed E-state index contributed by atoms with van der Waals surface area (Å²) >= 11 is 0.875. The van der Waals surface area contributed by atoms with Gasteiger partial charge in [0.25, 0.3) is 5.91 Å². The summed E-state index contributed by atoms with van der Waals surface area (Å²) < 4.78 is 3.69. The first-order valence-corrected chi connectivity index (χ1v) is 7.95. The van der Waals surface area contributed by atoms with Gasteiger partial charge in [-0.25, -0.2) is 4.79 Å². The molecule has 0 spiro atoms. The summed E-state index contributed by atoms with van der Waals surface area (Å²) in [6, 6.07) is 14.6. The van der Waals surface area contributed by atoms with Gasteiger partial charge in [0.2, 0.25) is 0 Å². The van der Waals surface area contributed by atoms with Gasteiger partial charge in [0, 0.05) is 17.2 Å². The minimum absolute atomic E-state index is 0.0449. The predicted molar refractivity (Wildman–Crippen MR) is 95.1 cm³/mol. The molecule has 0 aliphatic rings. The van der Waals surface area contributed by atoms with Gasteiger partial charge in [0.05, 0.1) is 5.69 Å². The lowest BCUT2D eigenvalue weighted by Gasteiger charge is -2.08. The molecule has 0 saturated carbocycles. The van der Waals surface area contributed by atoms with Gasteiger partial charge < -0.3 is 15.7 Å². The number of benzene rings is 2. The van der Waals surface area contributed by atoms with E-state index in [9.17, 15) is 14.7 Å². The third kappa shape index (κ3) is 4.09. The third-order valence-corrected chi connectivity index (χ3v) is 3.76. The molecule has 0 aliphatic heterocycles. The van der Waals surface area contributed by atoms with Gasteiger partial charge in [-0.1, -0.05) is 34.8 Å². The number of nitrogens with one attached hydrogen (secondary N) is 3. The van der Waals surface area contributed by atoms with Crippen LogP contribution in [0.5, 0.6) is 5.75 Å². The van der Waals surface area contributed by atoms with Crippen molar-refractivity contribution < 1.29 is 14.7 Å². The van der Waals surface area contributed by atoms with Crippen molar-refractivity contribution in [2.75, 3.05) is 16.0 Å². The van der Waals surface area contributed by atoms with Gasteiger partial charge in [-0.2, -0.15) is 0 Å². The fourth-order valence-corrected chi connectivity index (χ4v) is 2.53. The van der Waals surface area contributed by atoms with Crippen LogP contribution in [-0.2, 0) is 0 Å². The molecule has 2 aromatic carbocycles. The molecule has 1 heterocycles. The number of aromatic hydroxyl groups is 1. The zero-order valence-electron chi connectivity index (χ0n) is 12.8. The van der Waals surface area contributed by atoms with Crippen LogP contribution in [-0.4, -0.2) is 26.6 Å². The van der Waals surface area contributed by atoms with Gasteiger partial charge in [0.15, 0.2) is 10.7 Å². The number of hydrogen-bond acceptors (Lipinski definition) is 6. The summed E-state index contributed by atoms with van der Waals surface area (Å²) in [4.78, 5) is 24.3. The number of para-hydroxylation sites is 3. The lowest BCUT2D eigenvalue weighted by atomic mass is 10.3. The van der Waals surface area contributed by atoms with Crippen molar-refractivity contribution in [3.63, 3.8) is 0 Å². The molecule has 0 saturated heterocycles. The predicted octanol–water partition coefficient (Wildman–Crippen LogP) is 3.14. The molecule has 0 bridgehead atoms. The van der Waals surface area contributed by atoms with Gasteiger partial charge in [-0.15, -0.1) is 5.10 Å². The van der Waals surface area contributed by atoms with Crippen molar-refractivity contribution in [2.45, 2.75) is 0 Å². The number of nitrogens with zero attached hydrogens (tertiary/aromatic N) is 2. The number of carbonyl (C=O) groups excluding carboxylic acids is 2. The molecule has 25 heavy (non-hydrogen) atoms. The molecule has 0 unspecified atom stereocenters. The lowest BCUT2D eigenvalue weighted by molar-refractivity contribution is 0.102. The molecule has 3 amide bonds. The zero-order chi connectivity index (χ0) is 17.6. The van der Waals surface area contributed by atoms with Crippen LogP contribution >= 0.6 is 11.5 Å². The Labute approximate surface area is 146 Å². The van der Waals surface area contributed by atoms with E-state index in [1.54, 1.807) is 42.5 Å². The average molecular weight is 355 g/mol. The summed E-state index contributed by atoms with van der Waals surface area (Å²) in [5, 5.41) is 21.3.